The van der Waals surface area contributed by atoms with E-state index in [1.165, 1.54) is 0 Å². The maximum atomic E-state index is 13.0. The van der Waals surface area contributed by atoms with E-state index in [0.717, 1.165) is 62.6 Å². The second-order valence-electron chi connectivity index (χ2n) is 6.56. The maximum absolute atomic E-state index is 13.0. The van der Waals surface area contributed by atoms with Gasteiger partial charge in [-0.3, -0.25) is 9.10 Å². The number of sulfonamides is 1. The van der Waals surface area contributed by atoms with Crippen LogP contribution < -0.4 is 9.73 Å². The van der Waals surface area contributed by atoms with Gasteiger partial charge in [-0.25, -0.2) is 13.8 Å². The number of benzene rings is 1. The molecule has 0 unspecified atom stereocenters. The minimum Gasteiger partial charge on any atom is -0.271 e. The van der Waals surface area contributed by atoms with Crippen LogP contribution in [0.1, 0.15) is 44.1 Å². The van der Waals surface area contributed by atoms with Crippen molar-refractivity contribution in [3.05, 3.63) is 28.8 Å². The highest BCUT2D eigenvalue weighted by Crippen LogP contribution is 2.36. The molecule has 2 rings (SSSR count). The van der Waals surface area contributed by atoms with Crippen LogP contribution in [0.25, 0.3) is 0 Å². The predicted octanol–water partition coefficient (Wildman–Crippen LogP) is 3.95. The molecule has 0 heterocycles. The minimum atomic E-state index is -4.68. The third-order valence-corrected chi connectivity index (χ3v) is 5.70. The van der Waals surface area contributed by atoms with E-state index in [9.17, 15) is 26.4 Å². The Morgan fingerprint density at radius 1 is 1.21 bits per heavy atom. The lowest BCUT2D eigenvalue weighted by molar-refractivity contribution is -0.137. The molecule has 0 saturated heterocycles. The molecule has 28 heavy (non-hydrogen) atoms. The largest absolute Gasteiger partial charge is 0.416 e. The van der Waals surface area contributed by atoms with Crippen LogP contribution in [-0.2, 0) is 21.0 Å². The molecule has 0 aromatic heterocycles. The SMILES string of the molecule is CS(=O)(=O)N(CC(=O)NN=C1CCCCCC1)c1cc(C(F)(F)F)ccc1Cl. The molecule has 0 aliphatic heterocycles. The van der Waals surface area contributed by atoms with Gasteiger partial charge in [-0.15, -0.1) is 0 Å². The predicted molar refractivity (Wildman–Crippen MR) is 102 cm³/mol. The first-order valence-corrected chi connectivity index (χ1v) is 10.9. The first-order chi connectivity index (χ1) is 13.0. The van der Waals surface area contributed by atoms with Crippen molar-refractivity contribution < 1.29 is 26.4 Å². The van der Waals surface area contributed by atoms with Crippen LogP contribution in [0.15, 0.2) is 23.3 Å². The Hall–Kier alpha value is -1.81. The average Bonchev–Trinajstić information content (AvgIpc) is 2.85. The molecule has 1 N–H and O–H groups in total. The van der Waals surface area contributed by atoms with Crippen molar-refractivity contribution in [2.45, 2.75) is 44.7 Å². The molecule has 1 saturated carbocycles. The van der Waals surface area contributed by atoms with Gasteiger partial charge in [-0.2, -0.15) is 18.3 Å². The monoisotopic (exact) mass is 439 g/mol. The molecule has 156 valence electrons. The quantitative estimate of drug-likeness (QED) is 0.557. The van der Waals surface area contributed by atoms with Crippen molar-refractivity contribution in [2.75, 3.05) is 17.1 Å². The zero-order valence-corrected chi connectivity index (χ0v) is 16.8. The third kappa shape index (κ3) is 6.37. The van der Waals surface area contributed by atoms with Gasteiger partial charge in [0.1, 0.15) is 6.54 Å². The molecule has 0 spiro atoms. The minimum absolute atomic E-state index is 0.221. The lowest BCUT2D eigenvalue weighted by Gasteiger charge is -2.23. The fourth-order valence-electron chi connectivity index (χ4n) is 2.82. The van der Waals surface area contributed by atoms with Gasteiger partial charge in [-0.05, 0) is 43.9 Å². The van der Waals surface area contributed by atoms with Crippen molar-refractivity contribution in [3.8, 4) is 0 Å². The van der Waals surface area contributed by atoms with Crippen LogP contribution in [-0.4, -0.2) is 32.8 Å². The molecule has 1 aliphatic carbocycles. The Morgan fingerprint density at radius 3 is 2.36 bits per heavy atom. The zero-order chi connectivity index (χ0) is 20.9. The van der Waals surface area contributed by atoms with Crippen LogP contribution in [0.3, 0.4) is 0 Å². The first kappa shape index (κ1) is 22.5. The lowest BCUT2D eigenvalue weighted by atomic mass is 10.2. The summed E-state index contributed by atoms with van der Waals surface area (Å²) in [5.74, 6) is -0.768. The summed E-state index contributed by atoms with van der Waals surface area (Å²) in [6.07, 6.45) is 1.69. The van der Waals surface area contributed by atoms with Crippen molar-refractivity contribution in [3.63, 3.8) is 0 Å². The van der Waals surface area contributed by atoms with Crippen LogP contribution in [0, 0.1) is 0 Å². The summed E-state index contributed by atoms with van der Waals surface area (Å²) >= 11 is 5.91. The Morgan fingerprint density at radius 2 is 1.82 bits per heavy atom. The number of anilines is 1. The highest BCUT2D eigenvalue weighted by atomic mass is 35.5. The molecular weight excluding hydrogens is 419 g/mol. The molecule has 1 aromatic rings. The summed E-state index contributed by atoms with van der Waals surface area (Å²) in [5, 5.41) is 3.81. The van der Waals surface area contributed by atoms with Crippen molar-refractivity contribution >= 4 is 38.9 Å². The lowest BCUT2D eigenvalue weighted by Crippen LogP contribution is -2.39. The van der Waals surface area contributed by atoms with Gasteiger partial charge < -0.3 is 0 Å². The van der Waals surface area contributed by atoms with Crippen molar-refractivity contribution in [1.82, 2.24) is 5.43 Å². The Labute approximate surface area is 166 Å². The number of rotatable bonds is 5. The fraction of sp³-hybridized carbons (Fsp3) is 0.529. The normalized spacial score (nSPS) is 15.7. The Balaban J connectivity index is 2.23. The fourth-order valence-corrected chi connectivity index (χ4v) is 3.95. The second kappa shape index (κ2) is 9.13. The van der Waals surface area contributed by atoms with Gasteiger partial charge in [0.15, 0.2) is 0 Å². The summed E-state index contributed by atoms with van der Waals surface area (Å²) in [7, 11) is -4.07. The maximum Gasteiger partial charge on any atom is 0.416 e. The molecule has 1 aromatic carbocycles. The first-order valence-electron chi connectivity index (χ1n) is 8.67. The summed E-state index contributed by atoms with van der Waals surface area (Å²) in [6.45, 7) is -0.739. The highest BCUT2D eigenvalue weighted by molar-refractivity contribution is 7.92. The van der Waals surface area contributed by atoms with E-state index in [1.54, 1.807) is 0 Å². The molecule has 0 bridgehead atoms. The number of nitrogens with zero attached hydrogens (tertiary/aromatic N) is 2. The van der Waals surface area contributed by atoms with Crippen molar-refractivity contribution in [1.29, 1.82) is 0 Å². The zero-order valence-electron chi connectivity index (χ0n) is 15.2. The Bertz CT molecular complexity index is 847. The topological polar surface area (TPSA) is 78.8 Å². The number of alkyl halides is 3. The van der Waals surface area contributed by atoms with E-state index >= 15 is 0 Å². The number of amides is 1. The number of hydrogen-bond acceptors (Lipinski definition) is 4. The highest BCUT2D eigenvalue weighted by Gasteiger charge is 2.33. The number of nitrogens with one attached hydrogen (secondary N) is 1. The van der Waals surface area contributed by atoms with Gasteiger partial charge >= 0.3 is 6.18 Å². The summed E-state index contributed by atoms with van der Waals surface area (Å²) < 4.78 is 63.7. The van der Waals surface area contributed by atoms with Crippen LogP contribution in [0.4, 0.5) is 18.9 Å². The van der Waals surface area contributed by atoms with E-state index < -0.39 is 39.9 Å². The average molecular weight is 440 g/mol. The number of hydrazone groups is 1. The Kier molecular flexibility index (Phi) is 7.33. The summed E-state index contributed by atoms with van der Waals surface area (Å²) in [6, 6.07) is 2.29. The summed E-state index contributed by atoms with van der Waals surface area (Å²) in [4.78, 5) is 12.2. The number of hydrogen-bond donors (Lipinski definition) is 1. The van der Waals surface area contributed by atoms with Crippen LogP contribution in [0.5, 0.6) is 0 Å². The van der Waals surface area contributed by atoms with E-state index in [1.807, 2.05) is 0 Å². The molecule has 6 nitrogen and oxygen atoms in total. The number of carbonyl (C=O) groups excluding carboxylic acids is 1. The van der Waals surface area contributed by atoms with Gasteiger partial charge in [0.25, 0.3) is 5.91 Å². The summed E-state index contributed by atoms with van der Waals surface area (Å²) in [5.41, 5.74) is 1.62. The molecule has 1 fully saturated rings. The van der Waals surface area contributed by atoms with E-state index in [2.05, 4.69) is 10.5 Å². The molecule has 11 heteroatoms. The van der Waals surface area contributed by atoms with E-state index in [-0.39, 0.29) is 5.02 Å². The van der Waals surface area contributed by atoms with Gasteiger partial charge in [0.2, 0.25) is 10.0 Å². The van der Waals surface area contributed by atoms with Crippen LogP contribution in [0.2, 0.25) is 5.02 Å². The van der Waals surface area contributed by atoms with Crippen LogP contribution >= 0.6 is 11.6 Å². The molecular formula is C17H21ClF3N3O3S. The van der Waals surface area contributed by atoms with Crippen molar-refractivity contribution in [2.24, 2.45) is 5.10 Å². The van der Waals surface area contributed by atoms with Gasteiger partial charge in [0.05, 0.1) is 22.5 Å². The molecule has 0 radical (unpaired) electrons. The number of carbonyl (C=O) groups is 1. The molecule has 1 amide bonds. The number of halogens is 4. The van der Waals surface area contributed by atoms with E-state index in [0.29, 0.717) is 10.4 Å². The standard InChI is InChI=1S/C17H21ClF3N3O3S/c1-28(26,27)24(15-10-12(17(19,20)21)8-9-14(15)18)11-16(25)23-22-13-6-4-2-3-5-7-13/h8-10H,2-7,11H2,1H3,(H,23,25). The van der Waals surface area contributed by atoms with Gasteiger partial charge in [0, 0.05) is 5.71 Å². The second-order valence-corrected chi connectivity index (χ2v) is 8.87. The van der Waals surface area contributed by atoms with E-state index in [4.69, 9.17) is 11.6 Å². The smallest absolute Gasteiger partial charge is 0.271 e. The molecule has 0 atom stereocenters. The molecule has 1 aliphatic rings. The third-order valence-electron chi connectivity index (χ3n) is 4.25. The van der Waals surface area contributed by atoms with Gasteiger partial charge in [-0.1, -0.05) is 24.4 Å².